The second kappa shape index (κ2) is 7.51. The maximum Gasteiger partial charge on any atom is 0.223 e. The van der Waals surface area contributed by atoms with Gasteiger partial charge in [0.2, 0.25) is 11.8 Å². The Bertz CT molecular complexity index is 834. The number of aromatic nitrogens is 2. The van der Waals surface area contributed by atoms with Crippen molar-refractivity contribution < 1.29 is 8.81 Å². The smallest absolute Gasteiger partial charge is 0.223 e. The molecular weight excluding hydrogens is 349 g/mol. The van der Waals surface area contributed by atoms with Crippen LogP contribution < -0.4 is 5.32 Å². The zero-order chi connectivity index (χ0) is 16.9. The topological polar surface area (TPSA) is 51.0 Å². The molecule has 2 aromatic carbocycles. The summed E-state index contributed by atoms with van der Waals surface area (Å²) < 4.78 is 18.5. The molecule has 1 heterocycles. The molecule has 7 heteroatoms. The standard InChI is InChI=1S/C17H13ClFN3OS/c18-12-3-1-11(2-4-12)9-15-21-22-16(23-15)10-17(24)20-14-7-5-13(19)6-8-14/h1-8H,9-10H2,(H,20,24). The monoisotopic (exact) mass is 361 g/mol. The van der Waals surface area contributed by atoms with Crippen molar-refractivity contribution in [1.82, 2.24) is 10.2 Å². The molecule has 1 N–H and O–H groups in total. The van der Waals surface area contributed by atoms with Crippen molar-refractivity contribution in [3.05, 3.63) is 76.7 Å². The van der Waals surface area contributed by atoms with Gasteiger partial charge in [-0.2, -0.15) is 0 Å². The average molecular weight is 362 g/mol. The first-order valence-corrected chi connectivity index (χ1v) is 7.98. The van der Waals surface area contributed by atoms with Crippen molar-refractivity contribution in [2.45, 2.75) is 12.8 Å². The Hall–Kier alpha value is -2.31. The minimum Gasteiger partial charge on any atom is -0.424 e. The zero-order valence-electron chi connectivity index (χ0n) is 12.5. The fourth-order valence-corrected chi connectivity index (χ4v) is 2.45. The lowest BCUT2D eigenvalue weighted by Gasteiger charge is -2.05. The van der Waals surface area contributed by atoms with Gasteiger partial charge in [0.1, 0.15) is 5.82 Å². The molecule has 0 aliphatic carbocycles. The Morgan fingerprint density at radius 1 is 1.04 bits per heavy atom. The van der Waals surface area contributed by atoms with E-state index in [-0.39, 0.29) is 5.82 Å². The molecule has 24 heavy (non-hydrogen) atoms. The highest BCUT2D eigenvalue weighted by Gasteiger charge is 2.10. The summed E-state index contributed by atoms with van der Waals surface area (Å²) in [7, 11) is 0. The van der Waals surface area contributed by atoms with Crippen LogP contribution in [0.3, 0.4) is 0 Å². The van der Waals surface area contributed by atoms with Gasteiger partial charge in [-0.1, -0.05) is 36.0 Å². The molecule has 0 saturated heterocycles. The SMILES string of the molecule is Fc1ccc(NC(=S)Cc2nnc(Cc3ccc(Cl)cc3)o2)cc1. The molecule has 0 aliphatic rings. The van der Waals surface area contributed by atoms with E-state index < -0.39 is 0 Å². The van der Waals surface area contributed by atoms with Crippen LogP contribution in [0.25, 0.3) is 0 Å². The van der Waals surface area contributed by atoms with E-state index in [0.29, 0.717) is 40.3 Å². The lowest BCUT2D eigenvalue weighted by atomic mass is 10.1. The molecule has 1 aromatic heterocycles. The molecule has 3 rings (SSSR count). The average Bonchev–Trinajstić information content (AvgIpc) is 2.99. The van der Waals surface area contributed by atoms with E-state index in [9.17, 15) is 4.39 Å². The summed E-state index contributed by atoms with van der Waals surface area (Å²) >= 11 is 11.1. The summed E-state index contributed by atoms with van der Waals surface area (Å²) in [5.74, 6) is 0.644. The Balaban J connectivity index is 1.58. The third kappa shape index (κ3) is 4.59. The fourth-order valence-electron chi connectivity index (χ4n) is 2.08. The van der Waals surface area contributed by atoms with E-state index in [2.05, 4.69) is 15.5 Å². The number of rotatable bonds is 5. The summed E-state index contributed by atoms with van der Waals surface area (Å²) in [4.78, 5) is 0.517. The van der Waals surface area contributed by atoms with Gasteiger partial charge in [-0.05, 0) is 42.0 Å². The lowest BCUT2D eigenvalue weighted by molar-refractivity contribution is 0.471. The molecule has 0 amide bonds. The van der Waals surface area contributed by atoms with Crippen LogP contribution in [0.2, 0.25) is 5.02 Å². The molecule has 0 unspecified atom stereocenters. The summed E-state index contributed by atoms with van der Waals surface area (Å²) in [6, 6.07) is 13.4. The van der Waals surface area contributed by atoms with Crippen molar-refractivity contribution >= 4 is 34.5 Å². The number of anilines is 1. The van der Waals surface area contributed by atoms with Gasteiger partial charge >= 0.3 is 0 Å². The highest BCUT2D eigenvalue weighted by atomic mass is 35.5. The van der Waals surface area contributed by atoms with Crippen molar-refractivity contribution in [2.75, 3.05) is 5.32 Å². The first-order valence-electron chi connectivity index (χ1n) is 7.19. The van der Waals surface area contributed by atoms with Crippen molar-refractivity contribution in [2.24, 2.45) is 0 Å². The fraction of sp³-hybridized carbons (Fsp3) is 0.118. The molecule has 3 aromatic rings. The maximum atomic E-state index is 12.9. The van der Waals surface area contributed by atoms with Crippen LogP contribution in [0.4, 0.5) is 10.1 Å². The summed E-state index contributed by atoms with van der Waals surface area (Å²) in [5, 5.41) is 11.7. The van der Waals surface area contributed by atoms with Crippen LogP contribution in [0, 0.1) is 5.82 Å². The molecule has 0 saturated carbocycles. The van der Waals surface area contributed by atoms with Crippen LogP contribution in [0.1, 0.15) is 17.3 Å². The molecule has 4 nitrogen and oxygen atoms in total. The van der Waals surface area contributed by atoms with Gasteiger partial charge in [-0.15, -0.1) is 10.2 Å². The van der Waals surface area contributed by atoms with Crippen LogP contribution in [0.15, 0.2) is 52.9 Å². The Morgan fingerprint density at radius 2 is 1.71 bits per heavy atom. The van der Waals surface area contributed by atoms with Crippen LogP contribution in [-0.2, 0) is 12.8 Å². The normalized spacial score (nSPS) is 10.6. The number of hydrogen-bond donors (Lipinski definition) is 1. The zero-order valence-corrected chi connectivity index (χ0v) is 14.1. The van der Waals surface area contributed by atoms with Gasteiger partial charge in [0.25, 0.3) is 0 Å². The minimum absolute atomic E-state index is 0.296. The van der Waals surface area contributed by atoms with Gasteiger partial charge in [-0.25, -0.2) is 4.39 Å². The van der Waals surface area contributed by atoms with E-state index in [1.54, 1.807) is 12.1 Å². The molecule has 0 fully saturated rings. The first kappa shape index (κ1) is 16.5. The summed E-state index contributed by atoms with van der Waals surface area (Å²) in [5.41, 5.74) is 1.74. The van der Waals surface area contributed by atoms with Gasteiger partial charge in [0.15, 0.2) is 0 Å². The number of nitrogens with zero attached hydrogens (tertiary/aromatic N) is 2. The molecule has 122 valence electrons. The Morgan fingerprint density at radius 3 is 2.42 bits per heavy atom. The second-order valence-corrected chi connectivity index (χ2v) is 6.05. The van der Waals surface area contributed by atoms with Crippen LogP contribution >= 0.6 is 23.8 Å². The molecule has 0 atom stereocenters. The number of halogens is 2. The van der Waals surface area contributed by atoms with E-state index in [1.165, 1.54) is 12.1 Å². The molecule has 0 radical (unpaired) electrons. The highest BCUT2D eigenvalue weighted by Crippen LogP contribution is 2.14. The predicted molar refractivity (Wildman–Crippen MR) is 94.9 cm³/mol. The molecular formula is C17H13ClFN3OS. The van der Waals surface area contributed by atoms with Gasteiger partial charge in [0.05, 0.1) is 17.8 Å². The number of thiocarbonyl (C=S) groups is 1. The first-order chi connectivity index (χ1) is 11.6. The minimum atomic E-state index is -0.296. The largest absolute Gasteiger partial charge is 0.424 e. The third-order valence-electron chi connectivity index (χ3n) is 3.22. The number of hydrogen-bond acceptors (Lipinski definition) is 4. The highest BCUT2D eigenvalue weighted by molar-refractivity contribution is 7.80. The Labute approximate surface area is 148 Å². The number of benzene rings is 2. The van der Waals surface area contributed by atoms with Crippen molar-refractivity contribution in [3.8, 4) is 0 Å². The summed E-state index contributed by atoms with van der Waals surface area (Å²) in [6.45, 7) is 0. The quantitative estimate of drug-likeness (QED) is 0.681. The lowest BCUT2D eigenvalue weighted by Crippen LogP contribution is -2.12. The van der Waals surface area contributed by atoms with Gasteiger partial charge < -0.3 is 9.73 Å². The second-order valence-electron chi connectivity index (χ2n) is 5.12. The molecule has 0 spiro atoms. The van der Waals surface area contributed by atoms with E-state index in [4.69, 9.17) is 28.2 Å². The van der Waals surface area contributed by atoms with E-state index >= 15 is 0 Å². The Kier molecular flexibility index (Phi) is 5.17. The maximum absolute atomic E-state index is 12.9. The van der Waals surface area contributed by atoms with Crippen LogP contribution in [0.5, 0.6) is 0 Å². The number of nitrogens with one attached hydrogen (secondary N) is 1. The van der Waals surface area contributed by atoms with E-state index in [0.717, 1.165) is 5.56 Å². The van der Waals surface area contributed by atoms with Crippen molar-refractivity contribution in [1.29, 1.82) is 0 Å². The van der Waals surface area contributed by atoms with Crippen LogP contribution in [-0.4, -0.2) is 15.2 Å². The van der Waals surface area contributed by atoms with Gasteiger partial charge in [0, 0.05) is 10.7 Å². The predicted octanol–water partition coefficient (Wildman–Crippen LogP) is 4.43. The summed E-state index contributed by atoms with van der Waals surface area (Å²) in [6.07, 6.45) is 0.850. The van der Waals surface area contributed by atoms with Gasteiger partial charge in [-0.3, -0.25) is 0 Å². The van der Waals surface area contributed by atoms with Crippen molar-refractivity contribution in [3.63, 3.8) is 0 Å². The molecule has 0 bridgehead atoms. The molecule has 0 aliphatic heterocycles. The third-order valence-corrected chi connectivity index (χ3v) is 3.72. The van der Waals surface area contributed by atoms with E-state index in [1.807, 2.05) is 24.3 Å².